The molecule has 1 heterocycles. The fraction of sp³-hybridized carbons (Fsp3) is 0.0769. The van der Waals surface area contributed by atoms with E-state index in [1.165, 1.54) is 12.3 Å². The predicted octanol–water partition coefficient (Wildman–Crippen LogP) is 2.58. The van der Waals surface area contributed by atoms with Crippen molar-refractivity contribution in [2.75, 3.05) is 5.32 Å². The molecule has 0 saturated carbocycles. The van der Waals surface area contributed by atoms with E-state index in [4.69, 9.17) is 22.5 Å². The first-order valence-corrected chi connectivity index (χ1v) is 6.10. The second-order valence-electron chi connectivity index (χ2n) is 3.99. The molecular formula is C13H12ClFN4O. The van der Waals surface area contributed by atoms with E-state index in [0.717, 1.165) is 5.56 Å². The van der Waals surface area contributed by atoms with Crippen molar-refractivity contribution in [3.05, 3.63) is 58.6 Å². The topological polar surface area (TPSA) is 83.5 Å². The van der Waals surface area contributed by atoms with Gasteiger partial charge in [0.25, 0.3) is 0 Å². The summed E-state index contributed by atoms with van der Waals surface area (Å²) in [6.45, 7) is 0.353. The minimum Gasteiger partial charge on any atom is -0.409 e. The number of benzene rings is 1. The molecule has 104 valence electrons. The monoisotopic (exact) mass is 294 g/mol. The molecule has 0 unspecified atom stereocenters. The lowest BCUT2D eigenvalue weighted by atomic mass is 10.2. The quantitative estimate of drug-likeness (QED) is 0.350. The van der Waals surface area contributed by atoms with Crippen molar-refractivity contribution in [1.29, 1.82) is 0 Å². The summed E-state index contributed by atoms with van der Waals surface area (Å²) in [5.41, 5.74) is 6.91. The Hall–Kier alpha value is -2.34. The number of aromatic nitrogens is 1. The SMILES string of the molecule is NC(=NO)c1cc(CNc2cccc(Cl)c2F)ccn1. The van der Waals surface area contributed by atoms with Crippen molar-refractivity contribution in [1.82, 2.24) is 4.98 Å². The summed E-state index contributed by atoms with van der Waals surface area (Å²) >= 11 is 5.70. The average molecular weight is 295 g/mol. The molecule has 0 amide bonds. The molecule has 0 bridgehead atoms. The van der Waals surface area contributed by atoms with E-state index in [1.807, 2.05) is 0 Å². The van der Waals surface area contributed by atoms with Gasteiger partial charge >= 0.3 is 0 Å². The van der Waals surface area contributed by atoms with Gasteiger partial charge in [-0.1, -0.05) is 22.8 Å². The van der Waals surface area contributed by atoms with Gasteiger partial charge in [-0.3, -0.25) is 4.98 Å². The molecule has 0 atom stereocenters. The number of pyridine rings is 1. The van der Waals surface area contributed by atoms with Gasteiger partial charge in [0, 0.05) is 12.7 Å². The third-order valence-corrected chi connectivity index (χ3v) is 2.92. The first-order valence-electron chi connectivity index (χ1n) is 5.72. The molecule has 1 aromatic carbocycles. The molecular weight excluding hydrogens is 283 g/mol. The van der Waals surface area contributed by atoms with Crippen molar-refractivity contribution >= 4 is 23.1 Å². The zero-order valence-corrected chi connectivity index (χ0v) is 11.1. The summed E-state index contributed by atoms with van der Waals surface area (Å²) < 4.78 is 13.7. The number of oxime groups is 1. The molecule has 0 aliphatic carbocycles. The summed E-state index contributed by atoms with van der Waals surface area (Å²) in [6.07, 6.45) is 1.53. The maximum Gasteiger partial charge on any atom is 0.188 e. The van der Waals surface area contributed by atoms with Gasteiger partial charge in [-0.15, -0.1) is 0 Å². The van der Waals surface area contributed by atoms with Crippen LogP contribution in [0.25, 0.3) is 0 Å². The van der Waals surface area contributed by atoms with Crippen LogP contribution in [0.15, 0.2) is 41.7 Å². The van der Waals surface area contributed by atoms with Crippen molar-refractivity contribution in [3.8, 4) is 0 Å². The Bertz CT molecular complexity index is 648. The number of amidine groups is 1. The highest BCUT2D eigenvalue weighted by Crippen LogP contribution is 2.22. The van der Waals surface area contributed by atoms with Crippen LogP contribution >= 0.6 is 11.6 Å². The Morgan fingerprint density at radius 1 is 1.45 bits per heavy atom. The van der Waals surface area contributed by atoms with Crippen molar-refractivity contribution in [3.63, 3.8) is 0 Å². The fourth-order valence-corrected chi connectivity index (χ4v) is 1.79. The van der Waals surface area contributed by atoms with Gasteiger partial charge in [-0.05, 0) is 29.8 Å². The molecule has 0 aliphatic heterocycles. The van der Waals surface area contributed by atoms with Gasteiger partial charge < -0.3 is 16.3 Å². The van der Waals surface area contributed by atoms with Crippen LogP contribution in [-0.2, 0) is 6.54 Å². The van der Waals surface area contributed by atoms with Gasteiger partial charge in [0.1, 0.15) is 5.69 Å². The fourth-order valence-electron chi connectivity index (χ4n) is 1.61. The normalized spacial score (nSPS) is 11.4. The number of rotatable bonds is 4. The molecule has 0 saturated heterocycles. The minimum absolute atomic E-state index is 0.0575. The maximum absolute atomic E-state index is 13.7. The van der Waals surface area contributed by atoms with Gasteiger partial charge in [0.05, 0.1) is 10.7 Å². The number of hydrogen-bond donors (Lipinski definition) is 3. The van der Waals surface area contributed by atoms with Crippen LogP contribution in [0.4, 0.5) is 10.1 Å². The summed E-state index contributed by atoms with van der Waals surface area (Å²) in [5, 5.41) is 14.5. The number of nitrogens with zero attached hydrogens (tertiary/aromatic N) is 2. The second-order valence-corrected chi connectivity index (χ2v) is 4.40. The van der Waals surface area contributed by atoms with E-state index >= 15 is 0 Å². The zero-order chi connectivity index (χ0) is 14.5. The lowest BCUT2D eigenvalue weighted by Gasteiger charge is -2.09. The molecule has 2 aromatic rings. The van der Waals surface area contributed by atoms with Gasteiger partial charge in [-0.2, -0.15) is 0 Å². The Morgan fingerprint density at radius 2 is 2.25 bits per heavy atom. The molecule has 2 rings (SSSR count). The van der Waals surface area contributed by atoms with Crippen LogP contribution in [0.2, 0.25) is 5.02 Å². The van der Waals surface area contributed by atoms with E-state index in [2.05, 4.69) is 15.5 Å². The Balaban J connectivity index is 2.13. The molecule has 1 aromatic heterocycles. The van der Waals surface area contributed by atoms with E-state index in [-0.39, 0.29) is 10.9 Å². The smallest absolute Gasteiger partial charge is 0.188 e. The Kier molecular flexibility index (Phi) is 4.37. The molecule has 0 radical (unpaired) electrons. The van der Waals surface area contributed by atoms with Crippen LogP contribution in [0.1, 0.15) is 11.3 Å². The molecule has 0 aliphatic rings. The van der Waals surface area contributed by atoms with E-state index in [0.29, 0.717) is 17.9 Å². The summed E-state index contributed by atoms with van der Waals surface area (Å²) in [4.78, 5) is 3.96. The molecule has 20 heavy (non-hydrogen) atoms. The Morgan fingerprint density at radius 3 is 3.00 bits per heavy atom. The molecule has 4 N–H and O–H groups in total. The van der Waals surface area contributed by atoms with Crippen LogP contribution < -0.4 is 11.1 Å². The number of halogens is 2. The molecule has 0 spiro atoms. The Labute approximate surface area is 119 Å². The largest absolute Gasteiger partial charge is 0.409 e. The number of nitrogens with one attached hydrogen (secondary N) is 1. The third-order valence-electron chi connectivity index (χ3n) is 2.63. The van der Waals surface area contributed by atoms with E-state index in [9.17, 15) is 4.39 Å². The van der Waals surface area contributed by atoms with Crippen LogP contribution in [0.5, 0.6) is 0 Å². The number of nitrogens with two attached hydrogens (primary N) is 1. The van der Waals surface area contributed by atoms with Crippen LogP contribution in [0.3, 0.4) is 0 Å². The van der Waals surface area contributed by atoms with Gasteiger partial charge in [-0.25, -0.2) is 4.39 Å². The van der Waals surface area contributed by atoms with Crippen molar-refractivity contribution in [2.24, 2.45) is 10.9 Å². The second kappa shape index (κ2) is 6.21. The number of anilines is 1. The number of hydrogen-bond acceptors (Lipinski definition) is 4. The highest BCUT2D eigenvalue weighted by atomic mass is 35.5. The van der Waals surface area contributed by atoms with Gasteiger partial charge in [0.2, 0.25) is 0 Å². The molecule has 0 fully saturated rings. The van der Waals surface area contributed by atoms with Gasteiger partial charge in [0.15, 0.2) is 11.7 Å². The standard InChI is InChI=1S/C13H12ClFN4O/c14-9-2-1-3-10(12(9)15)18-7-8-4-5-17-11(6-8)13(16)19-20/h1-6,18,20H,7H2,(H2,16,19). The first kappa shape index (κ1) is 14.1. The summed E-state index contributed by atoms with van der Waals surface area (Å²) in [7, 11) is 0. The first-order chi connectivity index (χ1) is 9.61. The predicted molar refractivity (Wildman–Crippen MR) is 75.5 cm³/mol. The summed E-state index contributed by atoms with van der Waals surface area (Å²) in [6, 6.07) is 8.11. The lowest BCUT2D eigenvalue weighted by Crippen LogP contribution is -2.15. The average Bonchev–Trinajstić information content (AvgIpc) is 2.48. The zero-order valence-electron chi connectivity index (χ0n) is 10.3. The van der Waals surface area contributed by atoms with Crippen LogP contribution in [0, 0.1) is 5.82 Å². The highest BCUT2D eigenvalue weighted by Gasteiger charge is 2.06. The van der Waals surface area contributed by atoms with Crippen LogP contribution in [-0.4, -0.2) is 16.0 Å². The lowest BCUT2D eigenvalue weighted by molar-refractivity contribution is 0.318. The van der Waals surface area contributed by atoms with E-state index < -0.39 is 5.82 Å². The minimum atomic E-state index is -0.500. The van der Waals surface area contributed by atoms with E-state index in [1.54, 1.807) is 24.3 Å². The van der Waals surface area contributed by atoms with Crippen molar-refractivity contribution in [2.45, 2.75) is 6.54 Å². The molecule has 5 nitrogen and oxygen atoms in total. The third kappa shape index (κ3) is 3.16. The molecule has 7 heteroatoms. The highest BCUT2D eigenvalue weighted by molar-refractivity contribution is 6.31. The van der Waals surface area contributed by atoms with Crippen molar-refractivity contribution < 1.29 is 9.60 Å². The summed E-state index contributed by atoms with van der Waals surface area (Å²) in [5.74, 6) is -0.583. The maximum atomic E-state index is 13.7.